The fraction of sp³-hybridized carbons (Fsp3) is 0.294. The van der Waals surface area contributed by atoms with Crippen molar-refractivity contribution in [3.05, 3.63) is 47.8 Å². The van der Waals surface area contributed by atoms with Crippen molar-refractivity contribution in [1.29, 1.82) is 0 Å². The summed E-state index contributed by atoms with van der Waals surface area (Å²) >= 11 is 0. The first-order valence-electron chi connectivity index (χ1n) is 7.30. The molecule has 5 nitrogen and oxygen atoms in total. The average Bonchev–Trinajstić information content (AvgIpc) is 3.03. The Morgan fingerprint density at radius 3 is 2.62 bits per heavy atom. The topological polar surface area (TPSA) is 53.3 Å². The summed E-state index contributed by atoms with van der Waals surface area (Å²) in [7, 11) is 1.35. The van der Waals surface area contributed by atoms with Crippen LogP contribution in [0.5, 0.6) is 11.5 Å². The smallest absolute Gasteiger partial charge is 0.387 e. The summed E-state index contributed by atoms with van der Waals surface area (Å²) in [5.74, 6) is -0.0968. The summed E-state index contributed by atoms with van der Waals surface area (Å²) in [5.41, 5.74) is 1.10. The molecule has 0 unspecified atom stereocenters. The van der Waals surface area contributed by atoms with Crippen LogP contribution >= 0.6 is 0 Å². The molecule has 128 valence electrons. The first-order chi connectivity index (χ1) is 11.4. The van der Waals surface area contributed by atoms with Crippen LogP contribution in [0.1, 0.15) is 35.8 Å². The zero-order valence-electron chi connectivity index (χ0n) is 13.6. The molecule has 1 heterocycles. The van der Waals surface area contributed by atoms with Gasteiger partial charge in [0.1, 0.15) is 0 Å². The highest BCUT2D eigenvalue weighted by Crippen LogP contribution is 2.29. The predicted octanol–water partition coefficient (Wildman–Crippen LogP) is 3.97. The number of halogens is 2. The van der Waals surface area contributed by atoms with Gasteiger partial charge in [-0.3, -0.25) is 9.48 Å². The number of benzene rings is 1. The van der Waals surface area contributed by atoms with E-state index in [9.17, 15) is 13.6 Å². The normalized spacial score (nSPS) is 11.5. The van der Waals surface area contributed by atoms with Gasteiger partial charge in [-0.05, 0) is 37.6 Å². The van der Waals surface area contributed by atoms with Crippen LogP contribution in [0, 0.1) is 0 Å². The first-order valence-corrected chi connectivity index (χ1v) is 7.30. The number of alkyl halides is 2. The summed E-state index contributed by atoms with van der Waals surface area (Å²) in [6.45, 7) is 0.998. The number of methoxy groups -OCH3 is 1. The molecule has 2 rings (SSSR count). The highest BCUT2D eigenvalue weighted by Gasteiger charge is 2.11. The highest BCUT2D eigenvalue weighted by molar-refractivity contribution is 6.06. The minimum Gasteiger partial charge on any atom is -0.493 e. The van der Waals surface area contributed by atoms with E-state index in [-0.39, 0.29) is 23.3 Å². The molecule has 0 amide bonds. The van der Waals surface area contributed by atoms with Crippen LogP contribution in [0.2, 0.25) is 0 Å². The molecule has 0 fully saturated rings. The van der Waals surface area contributed by atoms with Crippen LogP contribution in [-0.2, 0) is 0 Å². The van der Waals surface area contributed by atoms with Gasteiger partial charge < -0.3 is 9.47 Å². The number of rotatable bonds is 7. The number of aromatic nitrogens is 2. The molecule has 0 saturated heterocycles. The largest absolute Gasteiger partial charge is 0.493 e. The Balaban J connectivity index is 2.14. The van der Waals surface area contributed by atoms with Crippen LogP contribution in [0.25, 0.3) is 6.08 Å². The van der Waals surface area contributed by atoms with E-state index in [1.54, 1.807) is 23.0 Å². The van der Waals surface area contributed by atoms with Crippen molar-refractivity contribution in [2.75, 3.05) is 7.11 Å². The van der Waals surface area contributed by atoms with Gasteiger partial charge in [-0.2, -0.15) is 13.9 Å². The maximum Gasteiger partial charge on any atom is 0.387 e. The Morgan fingerprint density at radius 2 is 2.04 bits per heavy atom. The minimum atomic E-state index is -2.93. The Labute approximate surface area is 138 Å². The average molecular weight is 336 g/mol. The van der Waals surface area contributed by atoms with Gasteiger partial charge in [-0.1, -0.05) is 12.1 Å². The number of carbonyl (C=O) groups excluding carboxylic acids is 1. The van der Waals surface area contributed by atoms with E-state index in [4.69, 9.17) is 4.74 Å². The summed E-state index contributed by atoms with van der Waals surface area (Å²) in [6.07, 6.45) is 6.15. The van der Waals surface area contributed by atoms with Crippen molar-refractivity contribution in [2.45, 2.75) is 26.5 Å². The number of ketones is 1. The molecule has 1 aromatic heterocycles. The van der Waals surface area contributed by atoms with E-state index in [0.29, 0.717) is 11.1 Å². The van der Waals surface area contributed by atoms with Crippen LogP contribution in [-0.4, -0.2) is 29.3 Å². The lowest BCUT2D eigenvalue weighted by atomic mass is 10.1. The van der Waals surface area contributed by atoms with Gasteiger partial charge in [-0.25, -0.2) is 0 Å². The summed E-state index contributed by atoms with van der Waals surface area (Å²) in [6, 6.07) is 4.61. The van der Waals surface area contributed by atoms with E-state index < -0.39 is 6.61 Å². The van der Waals surface area contributed by atoms with Crippen LogP contribution in [0.3, 0.4) is 0 Å². The molecule has 1 aromatic carbocycles. The molecule has 0 spiro atoms. The molecule has 2 aromatic rings. The van der Waals surface area contributed by atoms with Crippen molar-refractivity contribution >= 4 is 11.9 Å². The Morgan fingerprint density at radius 1 is 1.29 bits per heavy atom. The fourth-order valence-electron chi connectivity index (χ4n) is 2.00. The Bertz CT molecular complexity index is 739. The van der Waals surface area contributed by atoms with Gasteiger partial charge in [0.15, 0.2) is 17.3 Å². The lowest BCUT2D eigenvalue weighted by Gasteiger charge is -2.10. The summed E-state index contributed by atoms with van der Waals surface area (Å²) in [4.78, 5) is 12.1. The number of nitrogens with zero attached hydrogens (tertiary/aromatic N) is 2. The lowest BCUT2D eigenvalue weighted by molar-refractivity contribution is -0.0512. The molecule has 0 N–H and O–H groups in total. The third kappa shape index (κ3) is 4.41. The molecular formula is C17H18F2N2O3. The van der Waals surface area contributed by atoms with Gasteiger partial charge in [-0.15, -0.1) is 0 Å². The van der Waals surface area contributed by atoms with E-state index in [2.05, 4.69) is 9.84 Å². The molecule has 0 saturated carbocycles. The molecule has 0 atom stereocenters. The maximum absolute atomic E-state index is 12.3. The lowest BCUT2D eigenvalue weighted by Crippen LogP contribution is -2.03. The molecule has 24 heavy (non-hydrogen) atoms. The maximum atomic E-state index is 12.3. The van der Waals surface area contributed by atoms with Crippen LogP contribution in [0.15, 0.2) is 36.7 Å². The molecule has 0 aliphatic carbocycles. The molecule has 0 aliphatic rings. The SMILES string of the molecule is COc1cc(C=CC(=O)c2cnn(C(C)C)c2)ccc1OC(F)F. The third-order valence-corrected chi connectivity index (χ3v) is 3.25. The van der Waals surface area contributed by atoms with Crippen molar-refractivity contribution in [3.63, 3.8) is 0 Å². The van der Waals surface area contributed by atoms with Gasteiger partial charge >= 0.3 is 6.61 Å². The molecule has 0 radical (unpaired) electrons. The highest BCUT2D eigenvalue weighted by atomic mass is 19.3. The fourth-order valence-corrected chi connectivity index (χ4v) is 2.00. The zero-order chi connectivity index (χ0) is 17.7. The number of hydrogen-bond acceptors (Lipinski definition) is 4. The number of ether oxygens (including phenoxy) is 2. The Kier molecular flexibility index (Phi) is 5.68. The zero-order valence-corrected chi connectivity index (χ0v) is 13.6. The van der Waals surface area contributed by atoms with Gasteiger partial charge in [0, 0.05) is 12.2 Å². The van der Waals surface area contributed by atoms with Gasteiger partial charge in [0.25, 0.3) is 0 Å². The first kappa shape index (κ1) is 17.7. The number of carbonyl (C=O) groups is 1. The van der Waals surface area contributed by atoms with Crippen molar-refractivity contribution in [3.8, 4) is 11.5 Å². The number of hydrogen-bond donors (Lipinski definition) is 0. The van der Waals surface area contributed by atoms with Crippen LogP contribution in [0.4, 0.5) is 8.78 Å². The van der Waals surface area contributed by atoms with Crippen molar-refractivity contribution in [2.24, 2.45) is 0 Å². The van der Waals surface area contributed by atoms with E-state index in [1.165, 1.54) is 31.5 Å². The van der Waals surface area contributed by atoms with Gasteiger partial charge in [0.2, 0.25) is 0 Å². The predicted molar refractivity (Wildman–Crippen MR) is 85.6 cm³/mol. The van der Waals surface area contributed by atoms with E-state index in [1.807, 2.05) is 13.8 Å². The van der Waals surface area contributed by atoms with Crippen LogP contribution < -0.4 is 9.47 Å². The molecule has 7 heteroatoms. The second-order valence-corrected chi connectivity index (χ2v) is 5.29. The monoisotopic (exact) mass is 336 g/mol. The van der Waals surface area contributed by atoms with Crippen molar-refractivity contribution in [1.82, 2.24) is 9.78 Å². The quantitative estimate of drug-likeness (QED) is 0.567. The molecule has 0 bridgehead atoms. The van der Waals surface area contributed by atoms with E-state index >= 15 is 0 Å². The number of allylic oxidation sites excluding steroid dienone is 1. The standard InChI is InChI=1S/C17H18F2N2O3/c1-11(2)21-10-13(9-20-21)14(22)6-4-12-5-7-15(24-17(18)19)16(8-12)23-3/h4-11,17H,1-3H3. The second-order valence-electron chi connectivity index (χ2n) is 5.29. The van der Waals surface area contributed by atoms with E-state index in [0.717, 1.165) is 0 Å². The second kappa shape index (κ2) is 7.72. The third-order valence-electron chi connectivity index (χ3n) is 3.25. The molecule has 0 aliphatic heterocycles. The molecular weight excluding hydrogens is 318 g/mol. The Hall–Kier alpha value is -2.70. The summed E-state index contributed by atoms with van der Waals surface area (Å²) < 4.78 is 35.7. The van der Waals surface area contributed by atoms with Gasteiger partial charge in [0.05, 0.1) is 18.9 Å². The van der Waals surface area contributed by atoms with Crippen molar-refractivity contribution < 1.29 is 23.0 Å². The summed E-state index contributed by atoms with van der Waals surface area (Å²) in [5, 5.41) is 4.11. The minimum absolute atomic E-state index is 0.0609.